The van der Waals surface area contributed by atoms with Gasteiger partial charge < -0.3 is 29.4 Å². The van der Waals surface area contributed by atoms with Crippen molar-refractivity contribution >= 4 is 30.7 Å². The molecule has 0 aliphatic heterocycles. The molecule has 46 heavy (non-hydrogen) atoms. The number of fused-ring (bicyclic) bond motifs is 1. The summed E-state index contributed by atoms with van der Waals surface area (Å²) >= 11 is 0. The van der Waals surface area contributed by atoms with Crippen LogP contribution in [0, 0.1) is 18.4 Å². The van der Waals surface area contributed by atoms with Crippen molar-refractivity contribution in [2.45, 2.75) is 89.5 Å². The van der Waals surface area contributed by atoms with E-state index in [0.29, 0.717) is 0 Å². The molecule has 0 bridgehead atoms. The van der Waals surface area contributed by atoms with Gasteiger partial charge in [0.2, 0.25) is 0 Å². The largest absolute Gasteiger partial charge is 0.465 e. The first-order valence-corrected chi connectivity index (χ1v) is 16.9. The molecule has 2 aromatic heterocycles. The maximum Gasteiger partial charge on any atom is 0.459 e. The summed E-state index contributed by atoms with van der Waals surface area (Å²) in [5, 5.41) is 13.8. The van der Waals surface area contributed by atoms with Crippen molar-refractivity contribution in [2.75, 3.05) is 26.1 Å². The van der Waals surface area contributed by atoms with Crippen molar-refractivity contribution in [3.8, 4) is 18.1 Å². The predicted octanol–water partition coefficient (Wildman–Crippen LogP) is 4.79. The zero-order chi connectivity index (χ0) is 33.6. The molecular weight excluding hydrogens is 618 g/mol. The average Bonchev–Trinajstić information content (AvgIpc) is 3.43. The number of para-hydroxylation sites is 1. The number of methoxy groups -OCH3 is 1. The van der Waals surface area contributed by atoms with Crippen molar-refractivity contribution in [3.05, 3.63) is 42.7 Å². The Morgan fingerprint density at radius 1 is 1.17 bits per heavy atom. The van der Waals surface area contributed by atoms with Gasteiger partial charge in [0.1, 0.15) is 30.0 Å². The number of carbonyl (C=O) groups is 1. The van der Waals surface area contributed by atoms with E-state index in [2.05, 4.69) is 32.9 Å². The highest BCUT2D eigenvalue weighted by atomic mass is 31.2. The molecular formula is C31H44FN6O7P. The summed E-state index contributed by atoms with van der Waals surface area (Å²) in [5.41, 5.74) is 4.00. The number of nitrogen functional groups attached to an aromatic ring is 1. The van der Waals surface area contributed by atoms with Crippen LogP contribution in [-0.4, -0.2) is 68.7 Å². The summed E-state index contributed by atoms with van der Waals surface area (Å²) in [7, 11) is -3.11. The number of aromatic nitrogens is 4. The van der Waals surface area contributed by atoms with E-state index in [9.17, 15) is 18.9 Å². The topological polar surface area (TPSA) is 173 Å². The van der Waals surface area contributed by atoms with E-state index >= 15 is 0 Å². The number of carbonyl (C=O) groups excluding carboxylic acids is 1. The molecule has 0 aliphatic rings. The fourth-order valence-electron chi connectivity index (χ4n) is 4.61. The fourth-order valence-corrected chi connectivity index (χ4v) is 6.13. The number of esters is 1. The molecule has 2 unspecified atom stereocenters. The van der Waals surface area contributed by atoms with Crippen LogP contribution in [0.15, 0.2) is 36.7 Å². The van der Waals surface area contributed by atoms with Gasteiger partial charge in [-0.05, 0) is 25.5 Å². The van der Waals surface area contributed by atoms with Gasteiger partial charge in [0, 0.05) is 7.11 Å². The predicted molar refractivity (Wildman–Crippen MR) is 171 cm³/mol. The zero-order valence-corrected chi connectivity index (χ0v) is 27.5. The van der Waals surface area contributed by atoms with E-state index in [1.165, 1.54) is 50.6 Å². The van der Waals surface area contributed by atoms with Crippen LogP contribution >= 0.6 is 7.75 Å². The van der Waals surface area contributed by atoms with Crippen LogP contribution in [0.2, 0.25) is 0 Å². The first kappa shape index (κ1) is 36.9. The number of halogens is 1. The van der Waals surface area contributed by atoms with Crippen LogP contribution in [0.25, 0.3) is 11.2 Å². The van der Waals surface area contributed by atoms with Crippen molar-refractivity contribution in [1.82, 2.24) is 24.6 Å². The molecule has 0 fully saturated rings. The zero-order valence-electron chi connectivity index (χ0n) is 26.6. The number of nitrogens with two attached hydrogens (primary N) is 1. The fraction of sp³-hybridized carbons (Fsp3) is 0.548. The third kappa shape index (κ3) is 10.5. The Hall–Kier alpha value is -3.60. The number of unbranched alkanes of at least 4 members (excludes halogenated alkanes) is 7. The monoisotopic (exact) mass is 662 g/mol. The van der Waals surface area contributed by atoms with Gasteiger partial charge in [-0.25, -0.2) is 9.55 Å². The smallest absolute Gasteiger partial charge is 0.459 e. The molecule has 2 heterocycles. The van der Waals surface area contributed by atoms with E-state index in [4.69, 9.17) is 30.7 Å². The van der Waals surface area contributed by atoms with Crippen LogP contribution in [0.4, 0.5) is 10.2 Å². The standard InChI is InChI=1S/C31H44FN6O7P/c1-5-7-8-9-10-11-12-16-19-43-29(40)23(3)37-46(41,45-24-17-14-13-15-18-24)44-21-31(6-2,42-4)25(39)20-38-22-34-26-27(33)35-30(32)36-28(26)38/h2,13-15,17-18,22-23,25,39H,5,7-12,16,19-21H2,1,3-4H3,(H,37,41)(H2,33,35,36)/t23-,25-,31?,46?/m0/s1. The minimum Gasteiger partial charge on any atom is -0.465 e. The van der Waals surface area contributed by atoms with Crippen LogP contribution < -0.4 is 15.3 Å². The van der Waals surface area contributed by atoms with Crippen LogP contribution in [0.1, 0.15) is 65.2 Å². The number of nitrogens with zero attached hydrogens (tertiary/aromatic N) is 4. The third-order valence-corrected chi connectivity index (χ3v) is 8.97. The number of ether oxygens (including phenoxy) is 2. The summed E-state index contributed by atoms with van der Waals surface area (Å²) in [6.07, 6.45) is 13.3. The van der Waals surface area contributed by atoms with Gasteiger partial charge in [-0.3, -0.25) is 9.32 Å². The maximum absolute atomic E-state index is 14.0. The molecule has 0 saturated carbocycles. The number of anilines is 1. The Balaban J connectivity index is 1.67. The number of terminal acetylenes is 1. The summed E-state index contributed by atoms with van der Waals surface area (Å²) in [6.45, 7) is 2.95. The number of benzene rings is 1. The van der Waals surface area contributed by atoms with Crippen molar-refractivity contribution in [3.63, 3.8) is 0 Å². The molecule has 0 saturated heterocycles. The molecule has 3 aromatic rings. The Kier molecular flexibility index (Phi) is 14.4. The van der Waals surface area contributed by atoms with E-state index in [1.807, 2.05) is 0 Å². The summed E-state index contributed by atoms with van der Waals surface area (Å²) in [5.74, 6) is 1.73. The Labute approximate surface area is 269 Å². The lowest BCUT2D eigenvalue weighted by atomic mass is 9.98. The minimum atomic E-state index is -4.34. The van der Waals surface area contributed by atoms with Crippen molar-refractivity contribution in [1.29, 1.82) is 0 Å². The van der Waals surface area contributed by atoms with E-state index in [-0.39, 0.29) is 35.9 Å². The SMILES string of the molecule is C#CC(COP(=O)(N[C@@H](C)C(=O)OCCCCCCCCCC)Oc1ccccc1)(OC)[C@@H](O)Cn1cnc2c(N)nc(F)nc21. The number of rotatable bonds is 21. The lowest BCUT2D eigenvalue weighted by Crippen LogP contribution is -2.49. The Bertz CT molecular complexity index is 1490. The Morgan fingerprint density at radius 2 is 1.85 bits per heavy atom. The lowest BCUT2D eigenvalue weighted by Gasteiger charge is -2.33. The van der Waals surface area contributed by atoms with Gasteiger partial charge in [0.25, 0.3) is 0 Å². The average molecular weight is 663 g/mol. The molecule has 1 aromatic carbocycles. The normalized spacial score (nSPS) is 15.4. The van der Waals surface area contributed by atoms with Gasteiger partial charge in [-0.1, -0.05) is 76.0 Å². The molecule has 4 atom stereocenters. The van der Waals surface area contributed by atoms with Gasteiger partial charge in [0.15, 0.2) is 17.1 Å². The van der Waals surface area contributed by atoms with Crippen LogP contribution in [-0.2, 0) is 29.9 Å². The second kappa shape index (κ2) is 17.9. The minimum absolute atomic E-state index is 0.0195. The van der Waals surface area contributed by atoms with Crippen molar-refractivity contribution in [2.24, 2.45) is 0 Å². The van der Waals surface area contributed by atoms with Crippen LogP contribution in [0.5, 0.6) is 5.75 Å². The summed E-state index contributed by atoms with van der Waals surface area (Å²) in [4.78, 5) is 24.0. The number of aliphatic hydroxyl groups excluding tert-OH is 1. The van der Waals surface area contributed by atoms with E-state index in [1.54, 1.807) is 30.3 Å². The highest BCUT2D eigenvalue weighted by Gasteiger charge is 2.42. The van der Waals surface area contributed by atoms with Crippen LogP contribution in [0.3, 0.4) is 0 Å². The van der Waals surface area contributed by atoms with Gasteiger partial charge in [-0.2, -0.15) is 19.4 Å². The molecule has 3 rings (SSSR count). The molecule has 252 valence electrons. The maximum atomic E-state index is 14.0. The third-order valence-electron chi connectivity index (χ3n) is 7.35. The number of hydrogen-bond donors (Lipinski definition) is 3. The molecule has 15 heteroatoms. The number of aliphatic hydroxyl groups is 1. The van der Waals surface area contributed by atoms with Gasteiger partial charge in [-0.15, -0.1) is 6.42 Å². The molecule has 0 aliphatic carbocycles. The number of hydrogen-bond acceptors (Lipinski definition) is 11. The molecule has 4 N–H and O–H groups in total. The second-order valence-electron chi connectivity index (χ2n) is 10.9. The molecule has 13 nitrogen and oxygen atoms in total. The highest BCUT2D eigenvalue weighted by Crippen LogP contribution is 2.46. The van der Waals surface area contributed by atoms with Gasteiger partial charge >= 0.3 is 19.8 Å². The second-order valence-corrected chi connectivity index (χ2v) is 12.6. The molecule has 0 radical (unpaired) electrons. The first-order valence-electron chi connectivity index (χ1n) is 15.3. The molecule has 0 spiro atoms. The summed E-state index contributed by atoms with van der Waals surface area (Å²) in [6, 6.07) is 7.10. The lowest BCUT2D eigenvalue weighted by molar-refractivity contribution is -0.145. The quantitative estimate of drug-likeness (QED) is 0.0469. The Morgan fingerprint density at radius 3 is 2.50 bits per heavy atom. The van der Waals surface area contributed by atoms with Crippen molar-refractivity contribution < 1.29 is 37.4 Å². The first-order chi connectivity index (χ1) is 22.1. The number of imidazole rings is 1. The van der Waals surface area contributed by atoms with E-state index < -0.39 is 44.1 Å². The molecule has 0 amide bonds. The summed E-state index contributed by atoms with van der Waals surface area (Å²) < 4.78 is 51.5. The highest BCUT2D eigenvalue weighted by molar-refractivity contribution is 7.52. The van der Waals surface area contributed by atoms with Gasteiger partial charge in [0.05, 0.1) is 19.5 Å². The number of nitrogens with one attached hydrogen (secondary N) is 1. The van der Waals surface area contributed by atoms with E-state index in [0.717, 1.165) is 25.7 Å².